The first-order valence-electron chi connectivity index (χ1n) is 10.9. The highest BCUT2D eigenvalue weighted by atomic mass is 32.1. The number of pyridine rings is 1. The number of alkyl halides is 2. The molecule has 0 radical (unpaired) electrons. The number of nitrogens with zero attached hydrogens (tertiary/aromatic N) is 6. The molecule has 2 N–H and O–H groups in total. The van der Waals surface area contributed by atoms with Gasteiger partial charge in [-0.15, -0.1) is 16.4 Å². The maximum atomic E-state index is 14.0. The van der Waals surface area contributed by atoms with Crippen molar-refractivity contribution < 1.29 is 27.8 Å². The summed E-state index contributed by atoms with van der Waals surface area (Å²) >= 11 is 1.34. The number of piperidine rings is 1. The van der Waals surface area contributed by atoms with Crippen LogP contribution in [0.15, 0.2) is 23.7 Å². The number of ether oxygens (including phenoxy) is 2. The number of rotatable bonds is 5. The molecule has 186 valence electrons. The van der Waals surface area contributed by atoms with Crippen molar-refractivity contribution in [3.8, 4) is 16.5 Å². The number of fused-ring (bicyclic) bond motifs is 3. The predicted octanol–water partition coefficient (Wildman–Crippen LogP) is 2.51. The molecule has 0 spiro atoms. The lowest BCUT2D eigenvalue weighted by atomic mass is 9.88. The number of primary amides is 1. The maximum Gasteiger partial charge on any atom is 0.482 e. The molecule has 2 atom stereocenters. The van der Waals surface area contributed by atoms with E-state index in [1.54, 1.807) is 16.5 Å². The van der Waals surface area contributed by atoms with Gasteiger partial charge in [-0.1, -0.05) is 0 Å². The first-order valence-corrected chi connectivity index (χ1v) is 11.7. The zero-order valence-corrected chi connectivity index (χ0v) is 20.0. The molecular weight excluding hydrogens is 484 g/mol. The van der Waals surface area contributed by atoms with E-state index in [-0.39, 0.29) is 35.5 Å². The van der Waals surface area contributed by atoms with Crippen LogP contribution in [0.1, 0.15) is 27.2 Å². The van der Waals surface area contributed by atoms with Crippen LogP contribution in [0.4, 0.5) is 19.5 Å². The van der Waals surface area contributed by atoms with Crippen molar-refractivity contribution in [2.45, 2.75) is 51.0 Å². The molecule has 11 nitrogen and oxygen atoms in total. The van der Waals surface area contributed by atoms with Crippen molar-refractivity contribution in [2.75, 3.05) is 18.0 Å². The number of nitrogens with two attached hydrogens (primary N) is 1. The summed E-state index contributed by atoms with van der Waals surface area (Å²) in [5.41, 5.74) is 4.67. The molecule has 0 saturated carbocycles. The number of hydrogen-bond donors (Lipinski definition) is 1. The number of piperazine rings is 1. The van der Waals surface area contributed by atoms with Gasteiger partial charge in [0.1, 0.15) is 16.3 Å². The lowest BCUT2D eigenvalue weighted by molar-refractivity contribution is -0.189. The normalized spacial score (nSPS) is 20.0. The Kier molecular flexibility index (Phi) is 5.30. The number of thiazole rings is 1. The average Bonchev–Trinajstić information content (AvgIpc) is 3.43. The van der Waals surface area contributed by atoms with E-state index in [0.29, 0.717) is 23.8 Å². The van der Waals surface area contributed by atoms with Crippen molar-refractivity contribution >= 4 is 34.9 Å². The lowest BCUT2D eigenvalue weighted by Gasteiger charge is -2.55. The van der Waals surface area contributed by atoms with Crippen LogP contribution in [-0.2, 0) is 9.53 Å². The third kappa shape index (κ3) is 4.22. The van der Waals surface area contributed by atoms with E-state index < -0.39 is 17.6 Å². The molecule has 2 amide bonds. The first-order chi connectivity index (χ1) is 16.4. The predicted molar refractivity (Wildman–Crippen MR) is 121 cm³/mol. The van der Waals surface area contributed by atoms with Gasteiger partial charge in [-0.05, 0) is 39.3 Å². The molecule has 2 unspecified atom stereocenters. The zero-order valence-electron chi connectivity index (χ0n) is 19.1. The minimum absolute atomic E-state index is 0.0168. The fourth-order valence-electron chi connectivity index (χ4n) is 4.23. The number of carbonyl (C=O) groups excluding carboxylic acids is 2. The standard InChI is InChI=1S/C21H23F2N7O4S/c1-20(2,3)34-19(32)29-11-8-12(29)10-28(9-11)18-26-15-14(33-21(22,23)17(24)31)5-4-13(30(15)27-18)16-25-6-7-35-16/h4-7,11-12H,8-10H2,1-3H3,(H2,24,31). The smallest absolute Gasteiger partial charge is 0.444 e. The molecular formula is C21H23F2N7O4S. The molecule has 3 aliphatic heterocycles. The second-order valence-electron chi connectivity index (χ2n) is 9.39. The highest BCUT2D eigenvalue weighted by Gasteiger charge is 2.49. The average molecular weight is 508 g/mol. The summed E-state index contributed by atoms with van der Waals surface area (Å²) in [6.45, 7) is 6.35. The summed E-state index contributed by atoms with van der Waals surface area (Å²) in [6, 6.07) is 2.63. The molecule has 6 rings (SSSR count). The van der Waals surface area contributed by atoms with Gasteiger partial charge in [-0.3, -0.25) is 9.69 Å². The minimum atomic E-state index is -4.23. The van der Waals surface area contributed by atoms with Crippen molar-refractivity contribution in [1.82, 2.24) is 24.5 Å². The Morgan fingerprint density at radius 2 is 1.91 bits per heavy atom. The quantitative estimate of drug-likeness (QED) is 0.558. The van der Waals surface area contributed by atoms with Crippen LogP contribution in [0.25, 0.3) is 16.3 Å². The summed E-state index contributed by atoms with van der Waals surface area (Å²) in [5, 5.41) is 6.90. The van der Waals surface area contributed by atoms with Crippen LogP contribution in [0.2, 0.25) is 0 Å². The summed E-state index contributed by atoms with van der Waals surface area (Å²) in [4.78, 5) is 36.0. The van der Waals surface area contributed by atoms with Crippen LogP contribution in [-0.4, -0.2) is 73.4 Å². The molecule has 0 aromatic carbocycles. The Labute approximate surface area is 202 Å². The van der Waals surface area contributed by atoms with Gasteiger partial charge in [0.25, 0.3) is 0 Å². The molecule has 6 heterocycles. The van der Waals surface area contributed by atoms with E-state index in [9.17, 15) is 18.4 Å². The van der Waals surface area contributed by atoms with Gasteiger partial charge in [0.15, 0.2) is 5.75 Å². The highest BCUT2D eigenvalue weighted by molar-refractivity contribution is 7.13. The molecule has 3 aliphatic rings. The fourth-order valence-corrected chi connectivity index (χ4v) is 4.88. The van der Waals surface area contributed by atoms with E-state index in [4.69, 9.17) is 10.5 Å². The van der Waals surface area contributed by atoms with Crippen molar-refractivity contribution in [2.24, 2.45) is 5.73 Å². The third-order valence-electron chi connectivity index (χ3n) is 5.69. The molecule has 2 bridgehead atoms. The second kappa shape index (κ2) is 8.00. The van der Waals surface area contributed by atoms with Gasteiger partial charge in [0, 0.05) is 24.7 Å². The van der Waals surface area contributed by atoms with Crippen LogP contribution in [0.3, 0.4) is 0 Å². The fraction of sp³-hybridized carbons (Fsp3) is 0.476. The Bertz CT molecular complexity index is 1280. The number of anilines is 1. The Hall–Kier alpha value is -3.55. The first kappa shape index (κ1) is 23.2. The van der Waals surface area contributed by atoms with Crippen LogP contribution < -0.4 is 15.4 Å². The Balaban J connectivity index is 1.46. The third-order valence-corrected chi connectivity index (χ3v) is 6.49. The largest absolute Gasteiger partial charge is 0.482 e. The molecule has 3 aromatic heterocycles. The summed E-state index contributed by atoms with van der Waals surface area (Å²) in [6.07, 6.45) is -2.15. The van der Waals surface area contributed by atoms with Crippen LogP contribution in [0.5, 0.6) is 5.75 Å². The number of amides is 2. The van der Waals surface area contributed by atoms with E-state index in [2.05, 4.69) is 19.8 Å². The molecule has 3 aromatic rings. The van der Waals surface area contributed by atoms with E-state index in [0.717, 1.165) is 6.42 Å². The number of hydrogen-bond acceptors (Lipinski definition) is 9. The topological polar surface area (TPSA) is 128 Å². The lowest BCUT2D eigenvalue weighted by Crippen LogP contribution is -2.70. The maximum absolute atomic E-state index is 14.0. The zero-order chi connectivity index (χ0) is 25.1. The van der Waals surface area contributed by atoms with E-state index in [1.165, 1.54) is 28.0 Å². The summed E-state index contributed by atoms with van der Waals surface area (Å²) in [7, 11) is 0. The monoisotopic (exact) mass is 507 g/mol. The summed E-state index contributed by atoms with van der Waals surface area (Å²) in [5.74, 6) is -2.00. The van der Waals surface area contributed by atoms with Gasteiger partial charge in [-0.2, -0.15) is 13.8 Å². The summed E-state index contributed by atoms with van der Waals surface area (Å²) < 4.78 is 39.4. The molecule has 3 fully saturated rings. The van der Waals surface area contributed by atoms with Crippen molar-refractivity contribution in [1.29, 1.82) is 0 Å². The number of aromatic nitrogens is 4. The van der Waals surface area contributed by atoms with Gasteiger partial charge in [0.2, 0.25) is 11.6 Å². The number of carbonyl (C=O) groups is 2. The van der Waals surface area contributed by atoms with Crippen LogP contribution in [0, 0.1) is 0 Å². The number of halogens is 2. The second-order valence-corrected chi connectivity index (χ2v) is 10.3. The van der Waals surface area contributed by atoms with E-state index >= 15 is 0 Å². The Morgan fingerprint density at radius 3 is 2.51 bits per heavy atom. The molecule has 14 heteroatoms. The van der Waals surface area contributed by atoms with E-state index in [1.807, 2.05) is 25.7 Å². The van der Waals surface area contributed by atoms with Crippen LogP contribution >= 0.6 is 11.3 Å². The minimum Gasteiger partial charge on any atom is -0.444 e. The van der Waals surface area contributed by atoms with Gasteiger partial charge in [-0.25, -0.2) is 14.3 Å². The Morgan fingerprint density at radius 1 is 1.20 bits per heavy atom. The molecule has 35 heavy (non-hydrogen) atoms. The SMILES string of the molecule is CC(C)(C)OC(=O)N1C2CC1CN(c1nc3c(OC(F)(F)C(N)=O)ccc(-c4nccs4)n3n1)C2. The highest BCUT2D eigenvalue weighted by Crippen LogP contribution is 2.37. The molecule has 3 saturated heterocycles. The van der Waals surface area contributed by atoms with Gasteiger partial charge in [0.05, 0.1) is 12.1 Å². The van der Waals surface area contributed by atoms with Crippen molar-refractivity contribution in [3.05, 3.63) is 23.7 Å². The van der Waals surface area contributed by atoms with Crippen molar-refractivity contribution in [3.63, 3.8) is 0 Å². The molecule has 0 aliphatic carbocycles. The van der Waals surface area contributed by atoms with Gasteiger partial charge >= 0.3 is 18.1 Å². The van der Waals surface area contributed by atoms with Gasteiger partial charge < -0.3 is 20.1 Å².